The molecule has 0 N–H and O–H groups in total. The second kappa shape index (κ2) is 4.15. The molecule has 0 aliphatic carbocycles. The molecule has 0 rings (SSSR count). The minimum absolute atomic E-state index is 0.109. The van der Waals surface area contributed by atoms with Gasteiger partial charge in [0.25, 0.3) is 0 Å². The van der Waals surface area contributed by atoms with Crippen molar-refractivity contribution in [2.24, 2.45) is 5.92 Å². The van der Waals surface area contributed by atoms with Gasteiger partial charge in [0.2, 0.25) is 0 Å². The van der Waals surface area contributed by atoms with Gasteiger partial charge in [0, 0.05) is 0 Å². The van der Waals surface area contributed by atoms with E-state index in [1.807, 2.05) is 13.8 Å². The van der Waals surface area contributed by atoms with Crippen LogP contribution in [0.15, 0.2) is 12.3 Å². The summed E-state index contributed by atoms with van der Waals surface area (Å²) in [5.74, 6) is 1.35. The first-order valence-electron chi connectivity index (χ1n) is 3.85. The Kier molecular flexibility index (Phi) is 4.16. The summed E-state index contributed by atoms with van der Waals surface area (Å²) in [7, 11) is 0. The molecule has 0 bridgehead atoms. The van der Waals surface area contributed by atoms with Crippen molar-refractivity contribution >= 4 is 15.9 Å². The van der Waals surface area contributed by atoms with Crippen LogP contribution in [0.2, 0.25) is 0 Å². The van der Waals surface area contributed by atoms with Gasteiger partial charge in [-0.1, -0.05) is 36.4 Å². The Morgan fingerprint density at radius 3 is 2.27 bits per heavy atom. The van der Waals surface area contributed by atoms with Gasteiger partial charge in [0.05, 0.1) is 10.9 Å². The van der Waals surface area contributed by atoms with Gasteiger partial charge >= 0.3 is 0 Å². The molecule has 1 nitrogen and oxygen atoms in total. The molecule has 0 aromatic heterocycles. The fourth-order valence-corrected chi connectivity index (χ4v) is 0.553. The summed E-state index contributed by atoms with van der Waals surface area (Å²) in [6.07, 6.45) is 0. The third kappa shape index (κ3) is 5.31. The number of allylic oxidation sites excluding steroid dienone is 1. The van der Waals surface area contributed by atoms with Crippen LogP contribution >= 0.6 is 15.9 Å². The van der Waals surface area contributed by atoms with E-state index in [2.05, 4.69) is 36.4 Å². The van der Waals surface area contributed by atoms with E-state index in [0.29, 0.717) is 5.92 Å². The van der Waals surface area contributed by atoms with Crippen LogP contribution in [0, 0.1) is 5.92 Å². The van der Waals surface area contributed by atoms with Crippen molar-refractivity contribution in [3.05, 3.63) is 12.3 Å². The van der Waals surface area contributed by atoms with Crippen molar-refractivity contribution in [2.75, 3.05) is 6.61 Å². The highest BCUT2D eigenvalue weighted by Crippen LogP contribution is 2.25. The highest BCUT2D eigenvalue weighted by molar-refractivity contribution is 9.10. The van der Waals surface area contributed by atoms with E-state index >= 15 is 0 Å². The molecule has 11 heavy (non-hydrogen) atoms. The number of alkyl halides is 1. The normalized spacial score (nSPS) is 11.8. The molecule has 0 fully saturated rings. The van der Waals surface area contributed by atoms with Gasteiger partial charge < -0.3 is 4.74 Å². The van der Waals surface area contributed by atoms with Gasteiger partial charge in [-0.25, -0.2) is 0 Å². The second-order valence-electron chi connectivity index (χ2n) is 3.60. The van der Waals surface area contributed by atoms with E-state index in [0.717, 1.165) is 12.4 Å². The van der Waals surface area contributed by atoms with Gasteiger partial charge in [0.15, 0.2) is 0 Å². The lowest BCUT2D eigenvalue weighted by molar-refractivity contribution is 0.165. The molecule has 0 aromatic carbocycles. The highest BCUT2D eigenvalue weighted by atomic mass is 79.9. The highest BCUT2D eigenvalue weighted by Gasteiger charge is 2.18. The van der Waals surface area contributed by atoms with Crippen LogP contribution in [0.1, 0.15) is 27.7 Å². The Hall–Kier alpha value is 0.0200. The SMILES string of the molecule is C=C(OCC(C)C)C(C)(C)Br. The van der Waals surface area contributed by atoms with Gasteiger partial charge in [-0.05, 0) is 19.8 Å². The lowest BCUT2D eigenvalue weighted by Crippen LogP contribution is -2.16. The molecule has 0 saturated heterocycles. The minimum Gasteiger partial charge on any atom is -0.497 e. The van der Waals surface area contributed by atoms with Crippen molar-refractivity contribution in [3.63, 3.8) is 0 Å². The summed E-state index contributed by atoms with van der Waals surface area (Å²) in [6, 6.07) is 0. The first-order valence-corrected chi connectivity index (χ1v) is 4.64. The molecule has 0 aliphatic rings. The summed E-state index contributed by atoms with van der Waals surface area (Å²) in [5, 5.41) is 0. The number of ether oxygens (including phenoxy) is 1. The van der Waals surface area contributed by atoms with Crippen molar-refractivity contribution in [1.82, 2.24) is 0 Å². The van der Waals surface area contributed by atoms with Crippen molar-refractivity contribution in [1.29, 1.82) is 0 Å². The maximum atomic E-state index is 5.43. The molecular weight excluding hydrogens is 204 g/mol. The zero-order chi connectivity index (χ0) is 9.07. The fraction of sp³-hybridized carbons (Fsp3) is 0.778. The first kappa shape index (κ1) is 11.0. The second-order valence-corrected chi connectivity index (χ2v) is 5.58. The van der Waals surface area contributed by atoms with E-state index in [9.17, 15) is 0 Å². The van der Waals surface area contributed by atoms with Crippen molar-refractivity contribution in [2.45, 2.75) is 32.0 Å². The summed E-state index contributed by atoms with van der Waals surface area (Å²) in [5.41, 5.74) is 0. The predicted octanol–water partition coefficient (Wildman–Crippen LogP) is 3.35. The van der Waals surface area contributed by atoms with Crippen molar-refractivity contribution in [3.8, 4) is 0 Å². The average Bonchev–Trinajstić information content (AvgIpc) is 1.80. The standard InChI is InChI=1S/C9H17BrO/c1-7(2)6-11-8(3)9(4,5)10/h7H,3,6H2,1-2,4-5H3. The van der Waals surface area contributed by atoms with E-state index in [1.54, 1.807) is 0 Å². The number of rotatable bonds is 4. The molecule has 0 atom stereocenters. The van der Waals surface area contributed by atoms with Gasteiger partial charge in [-0.3, -0.25) is 0 Å². The quantitative estimate of drug-likeness (QED) is 0.522. The lowest BCUT2D eigenvalue weighted by atomic mass is 10.2. The summed E-state index contributed by atoms with van der Waals surface area (Å²) in [6.45, 7) is 12.9. The van der Waals surface area contributed by atoms with Crippen LogP contribution < -0.4 is 0 Å². The molecule has 0 spiro atoms. The van der Waals surface area contributed by atoms with Crippen LogP contribution in [-0.2, 0) is 4.74 Å². The van der Waals surface area contributed by atoms with E-state index in [4.69, 9.17) is 4.74 Å². The molecule has 0 saturated carbocycles. The smallest absolute Gasteiger partial charge is 0.105 e. The molecule has 2 heteroatoms. The predicted molar refractivity (Wildman–Crippen MR) is 52.9 cm³/mol. The zero-order valence-corrected chi connectivity index (χ0v) is 9.36. The summed E-state index contributed by atoms with van der Waals surface area (Å²) >= 11 is 3.47. The Bertz CT molecular complexity index is 133. The summed E-state index contributed by atoms with van der Waals surface area (Å²) < 4.78 is 5.32. The number of hydrogen-bond donors (Lipinski definition) is 0. The monoisotopic (exact) mass is 220 g/mol. The maximum absolute atomic E-state index is 5.43. The van der Waals surface area contributed by atoms with Gasteiger partial charge in [0.1, 0.15) is 5.76 Å². The fourth-order valence-electron chi connectivity index (χ4n) is 0.439. The molecular formula is C9H17BrO. The zero-order valence-electron chi connectivity index (χ0n) is 7.78. The van der Waals surface area contributed by atoms with Crippen LogP contribution in [-0.4, -0.2) is 10.9 Å². The molecule has 0 unspecified atom stereocenters. The number of hydrogen-bond acceptors (Lipinski definition) is 1. The van der Waals surface area contributed by atoms with Gasteiger partial charge in [-0.15, -0.1) is 0 Å². The van der Waals surface area contributed by atoms with Crippen molar-refractivity contribution < 1.29 is 4.74 Å². The molecule has 0 amide bonds. The van der Waals surface area contributed by atoms with Gasteiger partial charge in [-0.2, -0.15) is 0 Å². The first-order chi connectivity index (χ1) is 4.84. The largest absolute Gasteiger partial charge is 0.497 e. The van der Waals surface area contributed by atoms with E-state index < -0.39 is 0 Å². The van der Waals surface area contributed by atoms with E-state index in [1.165, 1.54) is 0 Å². The maximum Gasteiger partial charge on any atom is 0.105 e. The van der Waals surface area contributed by atoms with Crippen LogP contribution in [0.4, 0.5) is 0 Å². The molecule has 0 heterocycles. The third-order valence-electron chi connectivity index (χ3n) is 1.25. The van der Waals surface area contributed by atoms with Crippen LogP contribution in [0.3, 0.4) is 0 Å². The molecule has 66 valence electrons. The average molecular weight is 221 g/mol. The topological polar surface area (TPSA) is 9.23 Å². The lowest BCUT2D eigenvalue weighted by Gasteiger charge is -2.21. The third-order valence-corrected chi connectivity index (χ3v) is 1.70. The van der Waals surface area contributed by atoms with E-state index in [-0.39, 0.29) is 4.32 Å². The number of halogens is 1. The molecule has 0 aromatic rings. The summed E-state index contributed by atoms with van der Waals surface area (Å²) in [4.78, 5) is 0. The van der Waals surface area contributed by atoms with Crippen LogP contribution in [0.5, 0.6) is 0 Å². The van der Waals surface area contributed by atoms with Crippen LogP contribution in [0.25, 0.3) is 0 Å². The molecule has 0 radical (unpaired) electrons. The Morgan fingerprint density at radius 1 is 1.55 bits per heavy atom. The Balaban J connectivity index is 3.71. The Labute approximate surface area is 78.0 Å². The Morgan fingerprint density at radius 2 is 2.00 bits per heavy atom. The minimum atomic E-state index is -0.109. The molecule has 0 aliphatic heterocycles.